The lowest BCUT2D eigenvalue weighted by molar-refractivity contribution is -0.118. The molecule has 0 aromatic carbocycles. The Morgan fingerprint density at radius 1 is 1.26 bits per heavy atom. The third-order valence-corrected chi connectivity index (χ3v) is 2.67. The van der Waals surface area contributed by atoms with Gasteiger partial charge in [0, 0.05) is 20.1 Å². The Bertz CT molecular complexity index is 433. The largest absolute Gasteiger partial charge is 0.368 e. The number of hydrogen-bond acceptors (Lipinski definition) is 7. The molecule has 0 fully saturated rings. The highest BCUT2D eigenvalue weighted by Gasteiger charge is 2.14. The Balaban J connectivity index is 3.04. The van der Waals surface area contributed by atoms with Crippen LogP contribution in [0.15, 0.2) is 0 Å². The van der Waals surface area contributed by atoms with Gasteiger partial charge in [0.25, 0.3) is 0 Å². The normalized spacial score (nSPS) is 11.8. The Hall–Kier alpha value is -2.12. The van der Waals surface area contributed by atoms with Crippen molar-refractivity contribution in [1.29, 1.82) is 0 Å². The molecule has 0 spiro atoms. The molecule has 1 aromatic rings. The summed E-state index contributed by atoms with van der Waals surface area (Å²) in [6, 6.07) is -0.545. The summed E-state index contributed by atoms with van der Waals surface area (Å²) in [5, 5.41) is 5.72. The highest BCUT2D eigenvalue weighted by molar-refractivity contribution is 5.81. The Morgan fingerprint density at radius 3 is 2.32 bits per heavy atom. The van der Waals surface area contributed by atoms with Crippen LogP contribution in [0.4, 0.5) is 17.8 Å². The zero-order valence-corrected chi connectivity index (χ0v) is 11.8. The number of anilines is 3. The van der Waals surface area contributed by atoms with Crippen molar-refractivity contribution in [3.8, 4) is 0 Å². The van der Waals surface area contributed by atoms with E-state index in [1.165, 1.54) is 0 Å². The second-order valence-electron chi connectivity index (χ2n) is 3.97. The second kappa shape index (κ2) is 6.72. The predicted octanol–water partition coefficient (Wildman–Crippen LogP) is 0.0452. The lowest BCUT2D eigenvalue weighted by atomic mass is 10.3. The van der Waals surface area contributed by atoms with Gasteiger partial charge in [-0.3, -0.25) is 4.79 Å². The molecular formula is C11H21N7O. The minimum atomic E-state index is -0.545. The maximum Gasteiger partial charge on any atom is 0.239 e. The molecule has 106 valence electrons. The van der Waals surface area contributed by atoms with Crippen molar-refractivity contribution in [3.05, 3.63) is 0 Å². The molecule has 8 heteroatoms. The van der Waals surface area contributed by atoms with Crippen LogP contribution in [-0.2, 0) is 4.79 Å². The molecule has 19 heavy (non-hydrogen) atoms. The molecule has 8 nitrogen and oxygen atoms in total. The fourth-order valence-corrected chi connectivity index (χ4v) is 1.45. The average molecular weight is 267 g/mol. The monoisotopic (exact) mass is 267 g/mol. The van der Waals surface area contributed by atoms with Gasteiger partial charge in [0.2, 0.25) is 23.8 Å². The lowest BCUT2D eigenvalue weighted by Crippen LogP contribution is -2.33. The summed E-state index contributed by atoms with van der Waals surface area (Å²) in [6.07, 6.45) is 0. The third kappa shape index (κ3) is 3.94. The van der Waals surface area contributed by atoms with Crippen LogP contribution in [-0.4, -0.2) is 47.0 Å². The first-order valence-electron chi connectivity index (χ1n) is 6.26. The summed E-state index contributed by atoms with van der Waals surface area (Å²) >= 11 is 0. The van der Waals surface area contributed by atoms with Crippen molar-refractivity contribution in [2.24, 2.45) is 5.73 Å². The molecule has 0 radical (unpaired) electrons. The van der Waals surface area contributed by atoms with Crippen molar-refractivity contribution in [2.45, 2.75) is 26.8 Å². The van der Waals surface area contributed by atoms with Crippen LogP contribution in [0.2, 0.25) is 0 Å². The quantitative estimate of drug-likeness (QED) is 0.640. The minimum Gasteiger partial charge on any atom is -0.368 e. The maximum atomic E-state index is 11.1. The van der Waals surface area contributed by atoms with Crippen LogP contribution >= 0.6 is 0 Å². The highest BCUT2D eigenvalue weighted by atomic mass is 16.1. The van der Waals surface area contributed by atoms with Gasteiger partial charge in [-0.15, -0.1) is 0 Å². The van der Waals surface area contributed by atoms with Crippen LogP contribution < -0.4 is 21.3 Å². The average Bonchev–Trinajstić information content (AvgIpc) is 2.39. The number of nitrogens with one attached hydrogen (secondary N) is 2. The first kappa shape index (κ1) is 14.9. The first-order valence-corrected chi connectivity index (χ1v) is 6.26. The van der Waals surface area contributed by atoms with Gasteiger partial charge in [-0.2, -0.15) is 15.0 Å². The van der Waals surface area contributed by atoms with Crippen molar-refractivity contribution in [2.75, 3.05) is 35.7 Å². The Labute approximate surface area is 112 Å². The molecule has 0 bridgehead atoms. The number of nitrogens with two attached hydrogens (primary N) is 1. The van der Waals surface area contributed by atoms with Crippen molar-refractivity contribution < 1.29 is 4.79 Å². The second-order valence-corrected chi connectivity index (χ2v) is 3.97. The predicted molar refractivity (Wildman–Crippen MR) is 75.2 cm³/mol. The van der Waals surface area contributed by atoms with E-state index in [1.807, 2.05) is 18.7 Å². The molecule has 0 aliphatic heterocycles. The SMILES string of the molecule is CCN(CC)c1nc(NC)nc(NC(C)C(N)=O)n1. The van der Waals surface area contributed by atoms with Gasteiger partial charge >= 0.3 is 0 Å². The van der Waals surface area contributed by atoms with Crippen LogP contribution in [0.1, 0.15) is 20.8 Å². The molecule has 1 heterocycles. The minimum absolute atomic E-state index is 0.326. The Morgan fingerprint density at radius 2 is 1.84 bits per heavy atom. The van der Waals surface area contributed by atoms with Gasteiger partial charge in [-0.05, 0) is 20.8 Å². The number of primary amides is 1. The molecular weight excluding hydrogens is 246 g/mol. The number of amides is 1. The van der Waals surface area contributed by atoms with Crippen molar-refractivity contribution in [1.82, 2.24) is 15.0 Å². The fraction of sp³-hybridized carbons (Fsp3) is 0.636. The fourth-order valence-electron chi connectivity index (χ4n) is 1.45. The molecule has 1 aromatic heterocycles. The van der Waals surface area contributed by atoms with Crippen molar-refractivity contribution in [3.63, 3.8) is 0 Å². The van der Waals surface area contributed by atoms with Gasteiger partial charge in [0.15, 0.2) is 0 Å². The van der Waals surface area contributed by atoms with E-state index in [0.717, 1.165) is 13.1 Å². The van der Waals surface area contributed by atoms with Gasteiger partial charge in [-0.1, -0.05) is 0 Å². The van der Waals surface area contributed by atoms with E-state index in [0.29, 0.717) is 17.8 Å². The number of nitrogens with zero attached hydrogens (tertiary/aromatic N) is 4. The zero-order valence-electron chi connectivity index (χ0n) is 11.8. The summed E-state index contributed by atoms with van der Waals surface area (Å²) in [5.74, 6) is 0.864. The van der Waals surface area contributed by atoms with Crippen LogP contribution in [0.5, 0.6) is 0 Å². The molecule has 0 aliphatic carbocycles. The van der Waals surface area contributed by atoms with E-state index >= 15 is 0 Å². The topological polar surface area (TPSA) is 109 Å². The Kier molecular flexibility index (Phi) is 5.28. The molecule has 1 rings (SSSR count). The standard InChI is InChI=1S/C11H21N7O/c1-5-18(6-2)11-16-9(13-4)15-10(17-11)14-7(3)8(12)19/h7H,5-6H2,1-4H3,(H2,12,19)(H2,13,14,15,16,17). The zero-order chi connectivity index (χ0) is 14.4. The summed E-state index contributed by atoms with van der Waals surface area (Å²) in [6.45, 7) is 7.27. The van der Waals surface area contributed by atoms with Gasteiger partial charge in [-0.25, -0.2) is 0 Å². The molecule has 0 saturated carbocycles. The summed E-state index contributed by atoms with van der Waals surface area (Å²) < 4.78 is 0. The first-order chi connectivity index (χ1) is 9.01. The number of hydrogen-bond donors (Lipinski definition) is 3. The van der Waals surface area contributed by atoms with Gasteiger partial charge in [0.05, 0.1) is 0 Å². The molecule has 1 atom stereocenters. The van der Waals surface area contributed by atoms with Crippen molar-refractivity contribution >= 4 is 23.8 Å². The lowest BCUT2D eigenvalue weighted by Gasteiger charge is -2.20. The van der Waals surface area contributed by atoms with Crippen LogP contribution in [0, 0.1) is 0 Å². The number of carbonyl (C=O) groups is 1. The summed E-state index contributed by atoms with van der Waals surface area (Å²) in [7, 11) is 1.72. The van der Waals surface area contributed by atoms with Gasteiger partial charge < -0.3 is 21.3 Å². The van der Waals surface area contributed by atoms with Crippen LogP contribution in [0.25, 0.3) is 0 Å². The molecule has 1 unspecified atom stereocenters. The maximum absolute atomic E-state index is 11.1. The van der Waals surface area contributed by atoms with E-state index in [9.17, 15) is 4.79 Å². The number of aromatic nitrogens is 3. The van der Waals surface area contributed by atoms with Crippen LogP contribution in [0.3, 0.4) is 0 Å². The highest BCUT2D eigenvalue weighted by Crippen LogP contribution is 2.13. The third-order valence-electron chi connectivity index (χ3n) is 2.67. The van der Waals surface area contributed by atoms with E-state index in [2.05, 4.69) is 25.6 Å². The summed E-state index contributed by atoms with van der Waals surface area (Å²) in [4.78, 5) is 25.8. The van der Waals surface area contributed by atoms with E-state index in [4.69, 9.17) is 5.73 Å². The summed E-state index contributed by atoms with van der Waals surface area (Å²) in [5.41, 5.74) is 5.21. The smallest absolute Gasteiger partial charge is 0.239 e. The molecule has 0 aliphatic rings. The van der Waals surface area contributed by atoms with E-state index in [1.54, 1.807) is 14.0 Å². The van der Waals surface area contributed by atoms with E-state index in [-0.39, 0.29) is 0 Å². The number of carbonyl (C=O) groups excluding carboxylic acids is 1. The van der Waals surface area contributed by atoms with E-state index < -0.39 is 11.9 Å². The molecule has 1 amide bonds. The molecule has 0 saturated heterocycles. The number of rotatable bonds is 7. The van der Waals surface area contributed by atoms with Gasteiger partial charge in [0.1, 0.15) is 6.04 Å². The molecule has 4 N–H and O–H groups in total.